The molecule has 7 rings (SSSR count). The Hall–Kier alpha value is -4.63. The van der Waals surface area contributed by atoms with Gasteiger partial charge < -0.3 is 14.8 Å². The summed E-state index contributed by atoms with van der Waals surface area (Å²) >= 11 is 1.36. The lowest BCUT2D eigenvalue weighted by molar-refractivity contribution is -0.0536. The molecule has 0 radical (unpaired) electrons. The van der Waals surface area contributed by atoms with Gasteiger partial charge in [0, 0.05) is 22.8 Å². The first-order valence-corrected chi connectivity index (χ1v) is 16.5. The molecule has 1 N–H and O–H groups in total. The summed E-state index contributed by atoms with van der Waals surface area (Å²) in [4.78, 5) is 18.0. The van der Waals surface area contributed by atoms with Crippen LogP contribution in [-0.4, -0.2) is 36.1 Å². The van der Waals surface area contributed by atoms with Gasteiger partial charge in [-0.1, -0.05) is 133 Å². The molecule has 0 spiro atoms. The number of hydrogen-bond donors (Lipinski definition) is 1. The highest BCUT2D eigenvalue weighted by Crippen LogP contribution is 2.50. The molecular weight excluding hydrogens is 615 g/mol. The third-order valence-corrected chi connectivity index (χ3v) is 9.95. The van der Waals surface area contributed by atoms with E-state index in [0.717, 1.165) is 22.8 Å². The Morgan fingerprint density at radius 3 is 1.94 bits per heavy atom. The van der Waals surface area contributed by atoms with Gasteiger partial charge in [-0.05, 0) is 34.9 Å². The van der Waals surface area contributed by atoms with Crippen LogP contribution >= 0.6 is 11.8 Å². The van der Waals surface area contributed by atoms with Crippen LogP contribution in [0.25, 0.3) is 0 Å². The maximum atomic E-state index is 15.6. The van der Waals surface area contributed by atoms with Crippen LogP contribution in [0.5, 0.6) is 0 Å². The van der Waals surface area contributed by atoms with Crippen LogP contribution in [0, 0.1) is 17.6 Å². The molecule has 236 valence electrons. The molecule has 0 aliphatic carbocycles. The Kier molecular flexibility index (Phi) is 8.73. The molecule has 47 heavy (non-hydrogen) atoms. The largest absolute Gasteiger partial charge is 0.372 e. The second kappa shape index (κ2) is 13.2. The van der Waals surface area contributed by atoms with Crippen LogP contribution in [0.15, 0.2) is 145 Å². The van der Waals surface area contributed by atoms with Crippen molar-refractivity contribution in [2.24, 2.45) is 10.9 Å². The van der Waals surface area contributed by atoms with E-state index in [1.54, 1.807) is 30.3 Å². The Morgan fingerprint density at radius 1 is 0.809 bits per heavy atom. The average molecular weight is 647 g/mol. The summed E-state index contributed by atoms with van der Waals surface area (Å²) in [6, 6.07) is 43.0. The number of thioether (sulfide) groups is 1. The van der Waals surface area contributed by atoms with E-state index in [1.807, 2.05) is 97.1 Å². The third kappa shape index (κ3) is 5.78. The summed E-state index contributed by atoms with van der Waals surface area (Å²) in [7, 11) is 0. The van der Waals surface area contributed by atoms with Crippen molar-refractivity contribution in [1.82, 2.24) is 5.32 Å². The molecule has 5 aromatic rings. The summed E-state index contributed by atoms with van der Waals surface area (Å²) in [5.41, 5.74) is 1.13. The predicted molar refractivity (Wildman–Crippen MR) is 180 cm³/mol. The van der Waals surface area contributed by atoms with Crippen molar-refractivity contribution in [3.8, 4) is 0 Å². The van der Waals surface area contributed by atoms with Gasteiger partial charge in [-0.25, -0.2) is 13.8 Å². The number of halogens is 2. The van der Waals surface area contributed by atoms with E-state index in [-0.39, 0.29) is 30.6 Å². The SMILES string of the molecule is O=C(NC1=N[C@@]2(c3cccc(F)c3F)COC(COC(c3ccccc3)(c3ccccc3)c3ccccc3)[C@H]2CS1)c1ccccc1. The average Bonchev–Trinajstić information content (AvgIpc) is 3.50. The van der Waals surface area contributed by atoms with E-state index >= 15 is 4.39 Å². The number of nitrogens with zero attached hydrogens (tertiary/aromatic N) is 1. The van der Waals surface area contributed by atoms with E-state index in [2.05, 4.69) is 5.32 Å². The van der Waals surface area contributed by atoms with Crippen molar-refractivity contribution in [2.75, 3.05) is 19.0 Å². The molecule has 3 atom stereocenters. The first kappa shape index (κ1) is 31.0. The molecule has 2 aliphatic heterocycles. The van der Waals surface area contributed by atoms with Gasteiger partial charge in [0.2, 0.25) is 0 Å². The molecule has 0 aromatic heterocycles. The molecule has 8 heteroatoms. The Morgan fingerprint density at radius 2 is 1.36 bits per heavy atom. The minimum atomic E-state index is -1.28. The second-order valence-corrected chi connectivity index (χ2v) is 12.6. The molecular formula is C39H32F2N2O3S. The van der Waals surface area contributed by atoms with Gasteiger partial charge in [-0.15, -0.1) is 0 Å². The number of nitrogens with one attached hydrogen (secondary N) is 1. The number of amidine groups is 1. The highest BCUT2D eigenvalue weighted by molar-refractivity contribution is 8.13. The maximum Gasteiger partial charge on any atom is 0.257 e. The number of carbonyl (C=O) groups excluding carboxylic acids is 1. The Bertz CT molecular complexity index is 1780. The van der Waals surface area contributed by atoms with Gasteiger partial charge in [-0.3, -0.25) is 4.79 Å². The lowest BCUT2D eigenvalue weighted by atomic mass is 9.78. The molecule has 0 bridgehead atoms. The lowest BCUT2D eigenvalue weighted by Crippen LogP contribution is -2.46. The first-order valence-electron chi connectivity index (χ1n) is 15.5. The molecule has 1 fully saturated rings. The van der Waals surface area contributed by atoms with Gasteiger partial charge in [0.15, 0.2) is 16.8 Å². The van der Waals surface area contributed by atoms with Crippen LogP contribution in [0.3, 0.4) is 0 Å². The third-order valence-electron chi connectivity index (χ3n) is 8.96. The van der Waals surface area contributed by atoms with Crippen molar-refractivity contribution >= 4 is 22.8 Å². The number of ether oxygens (including phenoxy) is 2. The van der Waals surface area contributed by atoms with Crippen LogP contribution in [-0.2, 0) is 20.6 Å². The van der Waals surface area contributed by atoms with E-state index < -0.39 is 28.9 Å². The fraction of sp³-hybridized carbons (Fsp3) is 0.179. The normalized spacial score (nSPS) is 20.7. The van der Waals surface area contributed by atoms with E-state index in [4.69, 9.17) is 14.5 Å². The van der Waals surface area contributed by atoms with Crippen molar-refractivity contribution in [2.45, 2.75) is 17.2 Å². The number of rotatable bonds is 8. The zero-order valence-electron chi connectivity index (χ0n) is 25.4. The van der Waals surface area contributed by atoms with Crippen LogP contribution in [0.2, 0.25) is 0 Å². The number of aliphatic imine (C=N–C) groups is 1. The summed E-state index contributed by atoms with van der Waals surface area (Å²) in [5, 5.41) is 3.21. The monoisotopic (exact) mass is 646 g/mol. The van der Waals surface area contributed by atoms with E-state index in [9.17, 15) is 9.18 Å². The predicted octanol–water partition coefficient (Wildman–Crippen LogP) is 7.72. The molecule has 2 aliphatic rings. The van der Waals surface area contributed by atoms with Gasteiger partial charge in [0.05, 0.1) is 19.3 Å². The van der Waals surface area contributed by atoms with Gasteiger partial charge >= 0.3 is 0 Å². The highest BCUT2D eigenvalue weighted by atomic mass is 32.2. The fourth-order valence-electron chi connectivity index (χ4n) is 6.65. The zero-order valence-corrected chi connectivity index (χ0v) is 26.2. The number of benzene rings is 5. The van der Waals surface area contributed by atoms with E-state index in [1.165, 1.54) is 17.8 Å². The van der Waals surface area contributed by atoms with Gasteiger partial charge in [-0.2, -0.15) is 0 Å². The molecule has 5 aromatic carbocycles. The lowest BCUT2D eigenvalue weighted by Gasteiger charge is -2.39. The number of carbonyl (C=O) groups is 1. The minimum absolute atomic E-state index is 0.00759. The minimum Gasteiger partial charge on any atom is -0.372 e. The number of amides is 1. The molecule has 2 heterocycles. The van der Waals surface area contributed by atoms with Crippen molar-refractivity contribution in [1.29, 1.82) is 0 Å². The molecule has 1 amide bonds. The van der Waals surface area contributed by atoms with Crippen molar-refractivity contribution in [3.63, 3.8) is 0 Å². The van der Waals surface area contributed by atoms with Crippen LogP contribution in [0.4, 0.5) is 8.78 Å². The van der Waals surface area contributed by atoms with Crippen LogP contribution in [0.1, 0.15) is 32.6 Å². The Labute approximate surface area is 276 Å². The first-order chi connectivity index (χ1) is 23.0. The second-order valence-electron chi connectivity index (χ2n) is 11.6. The standard InChI is InChI=1S/C39H32F2N2O3S/c40-33-23-13-22-31(35(33)41)38-26-45-34(32(38)25-47-37(43-38)42-36(44)27-14-5-1-6-15-27)24-46-39(28-16-7-2-8-17-28,29-18-9-3-10-19-29)30-20-11-4-12-21-30/h1-23,32,34H,24-26H2,(H,42,43,44)/t32-,34?,38-/m1/s1. The van der Waals surface area contributed by atoms with Crippen LogP contribution < -0.4 is 5.32 Å². The number of hydrogen-bond acceptors (Lipinski definition) is 5. The quantitative estimate of drug-likeness (QED) is 0.176. The molecule has 5 nitrogen and oxygen atoms in total. The summed E-state index contributed by atoms with van der Waals surface area (Å²) in [6.45, 7) is 0.135. The zero-order chi connectivity index (χ0) is 32.3. The summed E-state index contributed by atoms with van der Waals surface area (Å²) < 4.78 is 43.9. The maximum absolute atomic E-state index is 15.6. The molecule has 0 saturated carbocycles. The van der Waals surface area contributed by atoms with Crippen molar-refractivity contribution < 1.29 is 23.0 Å². The van der Waals surface area contributed by atoms with Crippen molar-refractivity contribution in [3.05, 3.63) is 179 Å². The van der Waals surface area contributed by atoms with Gasteiger partial charge in [0.25, 0.3) is 5.91 Å². The summed E-state index contributed by atoms with van der Waals surface area (Å²) in [5.74, 6) is -2.22. The smallest absolute Gasteiger partial charge is 0.257 e. The summed E-state index contributed by atoms with van der Waals surface area (Å²) in [6.07, 6.45) is -0.518. The Balaban J connectivity index is 1.27. The topological polar surface area (TPSA) is 59.9 Å². The van der Waals surface area contributed by atoms with Gasteiger partial charge in [0.1, 0.15) is 11.1 Å². The highest BCUT2D eigenvalue weighted by Gasteiger charge is 2.55. The molecule has 1 saturated heterocycles. The van der Waals surface area contributed by atoms with E-state index in [0.29, 0.717) is 16.5 Å². The molecule has 1 unspecified atom stereocenters. The fourth-order valence-corrected chi connectivity index (χ4v) is 7.87. The number of fused-ring (bicyclic) bond motifs is 1.